The quantitative estimate of drug-likeness (QED) is 0.107. The second kappa shape index (κ2) is 14.1. The molecule has 6 aromatic rings. The van der Waals surface area contributed by atoms with E-state index < -0.39 is 11.9 Å². The van der Waals surface area contributed by atoms with E-state index in [1.165, 1.54) is 13.2 Å². The number of alkyl halides is 3. The Morgan fingerprint density at radius 3 is 1.98 bits per heavy atom. The van der Waals surface area contributed by atoms with Crippen LogP contribution in [0.3, 0.4) is 0 Å². The Balaban J connectivity index is 1.52. The van der Waals surface area contributed by atoms with Gasteiger partial charge in [-0.3, -0.25) is 9.88 Å². The minimum atomic E-state index is -4.63. The number of methoxy groups -OCH3 is 2. The normalized spacial score (nSPS) is 11.3. The zero-order valence-electron chi connectivity index (χ0n) is 25.4. The lowest BCUT2D eigenvalue weighted by molar-refractivity contribution is -0.141. The van der Waals surface area contributed by atoms with Gasteiger partial charge in [-0.1, -0.05) is 35.9 Å². The van der Waals surface area contributed by atoms with E-state index in [1.54, 1.807) is 78.7 Å². The van der Waals surface area contributed by atoms with Crippen molar-refractivity contribution in [3.63, 3.8) is 0 Å². The van der Waals surface area contributed by atoms with Crippen molar-refractivity contribution in [2.24, 2.45) is 0 Å². The van der Waals surface area contributed by atoms with Gasteiger partial charge in [0.25, 0.3) is 0 Å². The maximum Gasteiger partial charge on any atom is 0.433 e. The van der Waals surface area contributed by atoms with Gasteiger partial charge in [-0.15, -0.1) is 0 Å². The number of anilines is 3. The molecule has 0 unspecified atom stereocenters. The first kappa shape index (κ1) is 33.7. The number of ether oxygens (including phenoxy) is 3. The third-order valence-corrected chi connectivity index (χ3v) is 7.61. The molecular weight excluding hydrogens is 704 g/mol. The van der Waals surface area contributed by atoms with Crippen LogP contribution in [0.4, 0.5) is 30.4 Å². The van der Waals surface area contributed by atoms with Crippen LogP contribution in [0.25, 0.3) is 22.5 Å². The van der Waals surface area contributed by atoms with Gasteiger partial charge in [-0.2, -0.15) is 18.2 Å². The van der Waals surface area contributed by atoms with Gasteiger partial charge >= 0.3 is 6.18 Å². The number of aromatic nitrogens is 5. The van der Waals surface area contributed by atoms with Gasteiger partial charge in [-0.05, 0) is 77.8 Å². The summed E-state index contributed by atoms with van der Waals surface area (Å²) < 4.78 is 56.3. The topological polar surface area (TPSA) is 95.4 Å². The number of pyridine rings is 1. The molecule has 0 aliphatic rings. The van der Waals surface area contributed by atoms with Crippen LogP contribution < -0.4 is 19.1 Å². The lowest BCUT2D eigenvalue weighted by Gasteiger charge is -2.27. The van der Waals surface area contributed by atoms with E-state index in [1.807, 2.05) is 12.1 Å². The van der Waals surface area contributed by atoms with Gasteiger partial charge in [0.15, 0.2) is 5.15 Å². The smallest absolute Gasteiger partial charge is 0.433 e. The van der Waals surface area contributed by atoms with Crippen molar-refractivity contribution in [3.05, 3.63) is 119 Å². The van der Waals surface area contributed by atoms with E-state index in [0.29, 0.717) is 39.7 Å². The molecule has 0 amide bonds. The second-order valence-electron chi connectivity index (χ2n) is 10.1. The maximum atomic E-state index is 13.2. The molecule has 49 heavy (non-hydrogen) atoms. The summed E-state index contributed by atoms with van der Waals surface area (Å²) in [5.74, 6) is 1.62. The number of hydrogen-bond donors (Lipinski definition) is 0. The highest BCUT2D eigenvalue weighted by Crippen LogP contribution is 2.45. The summed E-state index contributed by atoms with van der Waals surface area (Å²) in [6, 6.07) is 24.6. The van der Waals surface area contributed by atoms with Crippen LogP contribution in [0.5, 0.6) is 23.0 Å². The Morgan fingerprint density at radius 1 is 0.653 bits per heavy atom. The van der Waals surface area contributed by atoms with E-state index >= 15 is 0 Å². The molecule has 0 aliphatic carbocycles. The molecule has 0 N–H and O–H groups in total. The minimum Gasteiger partial charge on any atom is -0.497 e. The molecule has 0 saturated carbocycles. The van der Waals surface area contributed by atoms with Crippen LogP contribution in [-0.2, 0) is 6.18 Å². The molecule has 0 bridgehead atoms. The van der Waals surface area contributed by atoms with Gasteiger partial charge in [-0.25, -0.2) is 15.0 Å². The van der Waals surface area contributed by atoms with E-state index in [2.05, 4.69) is 24.9 Å². The van der Waals surface area contributed by atoms with Crippen LogP contribution in [0.1, 0.15) is 5.69 Å². The molecule has 0 aliphatic heterocycles. The van der Waals surface area contributed by atoms with Crippen molar-refractivity contribution < 1.29 is 27.4 Å². The summed E-state index contributed by atoms with van der Waals surface area (Å²) in [5, 5.41) is -0.205. The second-order valence-corrected chi connectivity index (χ2v) is 11.2. The molecule has 0 radical (unpaired) electrons. The number of benzene rings is 3. The SMILES string of the molecule is COc1cccc(-c2cc(N(c3ccc(Oc4ccnc(C(F)(F)F)c4)cc3)c3c(Cl)nc(Cl)nc3-c3cccc(OC)c3)nc(Cl)n2)c1. The van der Waals surface area contributed by atoms with Crippen LogP contribution in [0.2, 0.25) is 15.7 Å². The highest BCUT2D eigenvalue weighted by molar-refractivity contribution is 6.35. The van der Waals surface area contributed by atoms with Crippen molar-refractivity contribution in [2.45, 2.75) is 6.18 Å². The lowest BCUT2D eigenvalue weighted by atomic mass is 10.1. The standard InChI is InChI=1S/C34H22Cl3F3N6O3/c1-47-23-7-3-5-19(15-23)26-18-28(43-32(36)42-26)46(30-29(44-33(37)45-31(30)35)20-6-4-8-24(16-20)48-2)21-9-11-22(12-10-21)49-25-13-14-41-27(17-25)34(38,39)40/h3-18H,1-2H3. The lowest BCUT2D eigenvalue weighted by Crippen LogP contribution is -2.15. The monoisotopic (exact) mass is 724 g/mol. The Hall–Kier alpha value is -5.17. The summed E-state index contributed by atoms with van der Waals surface area (Å²) >= 11 is 19.7. The van der Waals surface area contributed by atoms with Crippen molar-refractivity contribution >= 4 is 52.0 Å². The van der Waals surface area contributed by atoms with Gasteiger partial charge in [0.1, 0.15) is 45.9 Å². The van der Waals surface area contributed by atoms with Crippen molar-refractivity contribution in [2.75, 3.05) is 19.1 Å². The zero-order valence-corrected chi connectivity index (χ0v) is 27.7. The number of halogens is 6. The molecule has 0 atom stereocenters. The first-order valence-corrected chi connectivity index (χ1v) is 15.3. The van der Waals surface area contributed by atoms with E-state index in [0.717, 1.165) is 12.3 Å². The Kier molecular flexibility index (Phi) is 9.72. The summed E-state index contributed by atoms with van der Waals surface area (Å²) in [7, 11) is 3.09. The highest BCUT2D eigenvalue weighted by Gasteiger charge is 2.33. The summed E-state index contributed by atoms with van der Waals surface area (Å²) in [5.41, 5.74) is 1.75. The molecule has 0 fully saturated rings. The molecule has 3 aromatic carbocycles. The largest absolute Gasteiger partial charge is 0.497 e. The summed E-state index contributed by atoms with van der Waals surface area (Å²) in [6.45, 7) is 0. The Labute approximate surface area is 292 Å². The van der Waals surface area contributed by atoms with Crippen LogP contribution >= 0.6 is 34.8 Å². The average Bonchev–Trinajstić information content (AvgIpc) is 3.09. The first-order valence-electron chi connectivity index (χ1n) is 14.2. The fraction of sp³-hybridized carbons (Fsp3) is 0.0882. The molecule has 0 saturated heterocycles. The van der Waals surface area contributed by atoms with Gasteiger partial charge < -0.3 is 14.2 Å². The predicted molar refractivity (Wildman–Crippen MR) is 181 cm³/mol. The average molecular weight is 726 g/mol. The van der Waals surface area contributed by atoms with Gasteiger partial charge in [0.2, 0.25) is 10.6 Å². The van der Waals surface area contributed by atoms with Crippen LogP contribution in [0, 0.1) is 0 Å². The molecular formula is C34H22Cl3F3N6O3. The Morgan fingerprint density at radius 2 is 1.31 bits per heavy atom. The van der Waals surface area contributed by atoms with Crippen molar-refractivity contribution in [3.8, 4) is 45.5 Å². The molecule has 248 valence electrons. The molecule has 6 rings (SSSR count). The molecule has 9 nitrogen and oxygen atoms in total. The number of nitrogens with zero attached hydrogens (tertiary/aromatic N) is 6. The van der Waals surface area contributed by atoms with Crippen molar-refractivity contribution in [1.29, 1.82) is 0 Å². The minimum absolute atomic E-state index is 0.0210. The van der Waals surface area contributed by atoms with Crippen molar-refractivity contribution in [1.82, 2.24) is 24.9 Å². The summed E-state index contributed by atoms with van der Waals surface area (Å²) in [6.07, 6.45) is -3.61. The van der Waals surface area contributed by atoms with Crippen LogP contribution in [0.15, 0.2) is 97.2 Å². The van der Waals surface area contributed by atoms with Gasteiger partial charge in [0.05, 0.1) is 19.9 Å². The molecule has 15 heteroatoms. The van der Waals surface area contributed by atoms with E-state index in [-0.39, 0.29) is 38.7 Å². The van der Waals surface area contributed by atoms with Crippen LogP contribution in [-0.4, -0.2) is 39.1 Å². The fourth-order valence-corrected chi connectivity index (χ4v) is 5.47. The summed E-state index contributed by atoms with van der Waals surface area (Å²) in [4.78, 5) is 22.8. The third-order valence-electron chi connectivity index (χ3n) is 7.01. The molecule has 3 heterocycles. The number of rotatable bonds is 9. The number of hydrogen-bond acceptors (Lipinski definition) is 9. The van der Waals surface area contributed by atoms with E-state index in [4.69, 9.17) is 49.0 Å². The third kappa shape index (κ3) is 7.62. The molecule has 3 aromatic heterocycles. The predicted octanol–water partition coefficient (Wildman–Crippen LogP) is 10.3. The fourth-order valence-electron chi connectivity index (χ4n) is 4.83. The van der Waals surface area contributed by atoms with Gasteiger partial charge in [0, 0.05) is 35.1 Å². The zero-order chi connectivity index (χ0) is 34.7. The Bertz CT molecular complexity index is 2140. The first-order chi connectivity index (χ1) is 23.5. The maximum absolute atomic E-state index is 13.2. The van der Waals surface area contributed by atoms with E-state index in [9.17, 15) is 13.2 Å². The highest BCUT2D eigenvalue weighted by atomic mass is 35.5. The molecule has 0 spiro atoms.